The molecule has 0 radical (unpaired) electrons. The predicted molar refractivity (Wildman–Crippen MR) is 138 cm³/mol. The van der Waals surface area contributed by atoms with Crippen molar-refractivity contribution in [3.05, 3.63) is 12.7 Å². The molecule has 206 valence electrons. The third-order valence-corrected chi connectivity index (χ3v) is 6.14. The number of amides is 3. The molecule has 0 aliphatic carbocycles. The monoisotopic (exact) mass is 570 g/mol. The maximum absolute atomic E-state index is 12.9. The van der Waals surface area contributed by atoms with Crippen LogP contribution in [0.4, 0.5) is 0 Å². The summed E-state index contributed by atoms with van der Waals surface area (Å²) >= 11 is 16.8. The number of esters is 1. The zero-order valence-electron chi connectivity index (χ0n) is 21.2. The third-order valence-electron chi connectivity index (χ3n) is 5.81. The van der Waals surface area contributed by atoms with Crippen LogP contribution in [0.5, 0.6) is 0 Å². The maximum atomic E-state index is 12.9. The van der Waals surface area contributed by atoms with E-state index < -0.39 is 52.2 Å². The molecule has 1 rings (SSSR count). The standard InChI is InChI=1S/C23H37Cl3N4O6/c1-6-8-11-18(35-5)14(3)19(31)28-16(7-2)20(32)27-15(4)21(33)30-12-9-10-17(29-30)22(34)36-13-23(24,25)26/h6,14-18,29H,1,7-13H2,2-5H3,(H,27,32)(H,28,31). The van der Waals surface area contributed by atoms with E-state index in [1.165, 1.54) is 19.0 Å². The van der Waals surface area contributed by atoms with Crippen molar-refractivity contribution in [1.29, 1.82) is 0 Å². The van der Waals surface area contributed by atoms with Crippen LogP contribution in [0.15, 0.2) is 12.7 Å². The first kappa shape index (κ1) is 32.4. The normalized spacial score (nSPS) is 19.4. The number of allylic oxidation sites excluding steroid dienone is 1. The number of alkyl halides is 3. The summed E-state index contributed by atoms with van der Waals surface area (Å²) in [6.07, 6.45) is 4.06. The first-order valence-electron chi connectivity index (χ1n) is 11.9. The number of hydrogen-bond donors (Lipinski definition) is 3. The highest BCUT2D eigenvalue weighted by atomic mass is 35.6. The van der Waals surface area contributed by atoms with Crippen LogP contribution in [0.3, 0.4) is 0 Å². The second-order valence-corrected chi connectivity index (χ2v) is 11.2. The fourth-order valence-electron chi connectivity index (χ4n) is 3.66. The van der Waals surface area contributed by atoms with Crippen LogP contribution >= 0.6 is 34.8 Å². The Bertz CT molecular complexity index is 779. The van der Waals surface area contributed by atoms with Gasteiger partial charge in [0.25, 0.3) is 5.91 Å². The Hall–Kier alpha value is -1.59. The highest BCUT2D eigenvalue weighted by Gasteiger charge is 2.34. The van der Waals surface area contributed by atoms with E-state index >= 15 is 0 Å². The van der Waals surface area contributed by atoms with Gasteiger partial charge < -0.3 is 20.1 Å². The number of halogens is 3. The second kappa shape index (κ2) is 15.6. The Morgan fingerprint density at radius 2 is 1.86 bits per heavy atom. The lowest BCUT2D eigenvalue weighted by molar-refractivity contribution is -0.152. The topological polar surface area (TPSA) is 126 Å². The lowest BCUT2D eigenvalue weighted by Gasteiger charge is -2.34. The van der Waals surface area contributed by atoms with Gasteiger partial charge in [-0.2, -0.15) is 0 Å². The van der Waals surface area contributed by atoms with Gasteiger partial charge in [-0.3, -0.25) is 24.2 Å². The summed E-state index contributed by atoms with van der Waals surface area (Å²) in [5, 5.41) is 6.64. The summed E-state index contributed by atoms with van der Waals surface area (Å²) in [5.41, 5.74) is 2.81. The fraction of sp³-hybridized carbons (Fsp3) is 0.739. The van der Waals surface area contributed by atoms with Crippen molar-refractivity contribution in [1.82, 2.24) is 21.1 Å². The zero-order valence-corrected chi connectivity index (χ0v) is 23.4. The number of carbonyl (C=O) groups is 4. The number of nitrogens with one attached hydrogen (secondary N) is 3. The van der Waals surface area contributed by atoms with Gasteiger partial charge in [0, 0.05) is 13.7 Å². The molecular formula is C23H37Cl3N4O6. The third kappa shape index (κ3) is 10.8. The molecular weight excluding hydrogens is 535 g/mol. The number of rotatable bonds is 13. The molecule has 5 unspecified atom stereocenters. The zero-order chi connectivity index (χ0) is 27.5. The van der Waals surface area contributed by atoms with Gasteiger partial charge in [0.15, 0.2) is 0 Å². The molecule has 0 aromatic heterocycles. The number of nitrogens with zero attached hydrogens (tertiary/aromatic N) is 1. The highest BCUT2D eigenvalue weighted by molar-refractivity contribution is 6.67. The molecule has 0 aromatic carbocycles. The summed E-state index contributed by atoms with van der Waals surface area (Å²) in [6, 6.07) is -2.54. The summed E-state index contributed by atoms with van der Waals surface area (Å²) in [6.45, 7) is 8.62. The largest absolute Gasteiger partial charge is 0.460 e. The van der Waals surface area contributed by atoms with Gasteiger partial charge >= 0.3 is 5.97 Å². The molecule has 0 spiro atoms. The molecule has 0 aromatic rings. The van der Waals surface area contributed by atoms with Gasteiger partial charge in [0.05, 0.1) is 12.0 Å². The van der Waals surface area contributed by atoms with E-state index in [0.29, 0.717) is 38.6 Å². The maximum Gasteiger partial charge on any atom is 0.325 e. The van der Waals surface area contributed by atoms with E-state index in [0.717, 1.165) is 0 Å². The van der Waals surface area contributed by atoms with Crippen molar-refractivity contribution >= 4 is 58.5 Å². The second-order valence-electron chi connectivity index (χ2n) is 8.67. The van der Waals surface area contributed by atoms with Crippen LogP contribution in [-0.2, 0) is 28.7 Å². The van der Waals surface area contributed by atoms with Gasteiger partial charge in [0.2, 0.25) is 15.6 Å². The average molecular weight is 572 g/mol. The van der Waals surface area contributed by atoms with Crippen molar-refractivity contribution in [2.75, 3.05) is 20.3 Å². The molecule has 0 bridgehead atoms. The van der Waals surface area contributed by atoms with Gasteiger partial charge in [-0.05, 0) is 39.0 Å². The summed E-state index contributed by atoms with van der Waals surface area (Å²) in [7, 11) is 1.54. The summed E-state index contributed by atoms with van der Waals surface area (Å²) in [4.78, 5) is 50.7. The average Bonchev–Trinajstić information content (AvgIpc) is 2.84. The van der Waals surface area contributed by atoms with Gasteiger partial charge in [-0.25, -0.2) is 5.43 Å². The summed E-state index contributed by atoms with van der Waals surface area (Å²) < 4.78 is 8.66. The van der Waals surface area contributed by atoms with Crippen LogP contribution in [0, 0.1) is 5.92 Å². The highest BCUT2D eigenvalue weighted by Crippen LogP contribution is 2.26. The molecule has 10 nitrogen and oxygen atoms in total. The van der Waals surface area contributed by atoms with Gasteiger partial charge in [-0.15, -0.1) is 6.58 Å². The Labute approximate surface area is 227 Å². The molecule has 1 aliphatic rings. The molecule has 1 fully saturated rings. The first-order chi connectivity index (χ1) is 16.8. The van der Waals surface area contributed by atoms with Crippen LogP contribution in [0.1, 0.15) is 52.9 Å². The minimum absolute atomic E-state index is 0.316. The van der Waals surface area contributed by atoms with Crippen LogP contribution < -0.4 is 16.1 Å². The minimum Gasteiger partial charge on any atom is -0.460 e. The first-order valence-corrected chi connectivity index (χ1v) is 13.0. The number of methoxy groups -OCH3 is 1. The van der Waals surface area contributed by atoms with Crippen molar-refractivity contribution in [3.63, 3.8) is 0 Å². The SMILES string of the molecule is C=CCCC(OC)C(C)C(=O)NC(CC)C(=O)NC(C)C(=O)N1CCCC(C(=O)OCC(Cl)(Cl)Cl)N1. The number of hydrazine groups is 1. The van der Waals surface area contributed by atoms with E-state index in [1.807, 2.05) is 0 Å². The minimum atomic E-state index is -1.74. The Kier molecular flexibility index (Phi) is 14.1. The molecule has 1 aliphatic heterocycles. The van der Waals surface area contributed by atoms with Crippen LogP contribution in [-0.4, -0.2) is 77.0 Å². The molecule has 0 saturated carbocycles. The van der Waals surface area contributed by atoms with Gasteiger partial charge in [0.1, 0.15) is 24.7 Å². The number of ether oxygens (including phenoxy) is 2. The predicted octanol–water partition coefficient (Wildman–Crippen LogP) is 2.41. The van der Waals surface area contributed by atoms with Crippen molar-refractivity contribution in [2.45, 2.75) is 80.9 Å². The molecule has 13 heteroatoms. The Morgan fingerprint density at radius 1 is 1.19 bits per heavy atom. The molecule has 3 amide bonds. The molecule has 1 saturated heterocycles. The van der Waals surface area contributed by atoms with Crippen LogP contribution in [0.25, 0.3) is 0 Å². The van der Waals surface area contributed by atoms with E-state index in [1.54, 1.807) is 19.9 Å². The van der Waals surface area contributed by atoms with Crippen molar-refractivity contribution < 1.29 is 28.7 Å². The molecule has 36 heavy (non-hydrogen) atoms. The molecule has 5 atom stereocenters. The number of carbonyl (C=O) groups excluding carboxylic acids is 4. The van der Waals surface area contributed by atoms with Crippen LogP contribution in [0.2, 0.25) is 0 Å². The molecule has 3 N–H and O–H groups in total. The summed E-state index contributed by atoms with van der Waals surface area (Å²) in [5.74, 6) is -2.39. The lowest BCUT2D eigenvalue weighted by Crippen LogP contribution is -2.60. The quantitative estimate of drug-likeness (QED) is 0.176. The number of hydrogen-bond acceptors (Lipinski definition) is 7. The van der Waals surface area contributed by atoms with Crippen molar-refractivity contribution in [2.24, 2.45) is 5.92 Å². The smallest absolute Gasteiger partial charge is 0.325 e. The van der Waals surface area contributed by atoms with E-state index in [4.69, 9.17) is 44.3 Å². The molecule has 1 heterocycles. The lowest BCUT2D eigenvalue weighted by atomic mass is 9.98. The Balaban J connectivity index is 2.67. The Morgan fingerprint density at radius 3 is 2.42 bits per heavy atom. The van der Waals surface area contributed by atoms with Crippen molar-refractivity contribution in [3.8, 4) is 0 Å². The van der Waals surface area contributed by atoms with E-state index in [-0.39, 0.29) is 12.0 Å². The fourth-order valence-corrected chi connectivity index (χ4v) is 3.82. The van der Waals surface area contributed by atoms with Gasteiger partial charge in [-0.1, -0.05) is 54.7 Å². The van der Waals surface area contributed by atoms with E-state index in [9.17, 15) is 19.2 Å². The van der Waals surface area contributed by atoms with E-state index in [2.05, 4.69) is 22.6 Å².